The number of amides is 1. The van der Waals surface area contributed by atoms with Gasteiger partial charge in [0.15, 0.2) is 11.5 Å². The second kappa shape index (κ2) is 6.96. The fraction of sp³-hybridized carbons (Fsp3) is 0.353. The SMILES string of the molecule is Nc1nccnc1C(=O)NC(c1cccc(Cl)c1)C1CCCC1. The van der Waals surface area contributed by atoms with E-state index in [2.05, 4.69) is 15.3 Å². The number of anilines is 1. The lowest BCUT2D eigenvalue weighted by Crippen LogP contribution is -2.33. The maximum Gasteiger partial charge on any atom is 0.274 e. The lowest BCUT2D eigenvalue weighted by molar-refractivity contribution is 0.0917. The Labute approximate surface area is 140 Å². The van der Waals surface area contributed by atoms with E-state index in [0.29, 0.717) is 10.9 Å². The molecule has 1 amide bonds. The highest BCUT2D eigenvalue weighted by molar-refractivity contribution is 6.30. The molecule has 1 heterocycles. The third-order valence-corrected chi connectivity index (χ3v) is 4.54. The van der Waals surface area contributed by atoms with Gasteiger partial charge >= 0.3 is 0 Å². The molecule has 1 aromatic carbocycles. The summed E-state index contributed by atoms with van der Waals surface area (Å²) >= 11 is 6.12. The summed E-state index contributed by atoms with van der Waals surface area (Å²) in [5.41, 5.74) is 6.94. The molecule has 1 saturated carbocycles. The van der Waals surface area contributed by atoms with Gasteiger partial charge in [-0.05, 0) is 36.5 Å². The van der Waals surface area contributed by atoms with Crippen LogP contribution in [0.3, 0.4) is 0 Å². The van der Waals surface area contributed by atoms with Crippen LogP contribution >= 0.6 is 11.6 Å². The molecule has 5 nitrogen and oxygen atoms in total. The van der Waals surface area contributed by atoms with E-state index < -0.39 is 0 Å². The van der Waals surface area contributed by atoms with E-state index in [1.165, 1.54) is 25.2 Å². The van der Waals surface area contributed by atoms with Gasteiger partial charge in [0.2, 0.25) is 0 Å². The Morgan fingerprint density at radius 2 is 2.00 bits per heavy atom. The first kappa shape index (κ1) is 15.7. The number of carbonyl (C=O) groups is 1. The van der Waals surface area contributed by atoms with Crippen LogP contribution in [0.1, 0.15) is 47.8 Å². The van der Waals surface area contributed by atoms with Gasteiger partial charge in [-0.3, -0.25) is 4.79 Å². The Kier molecular flexibility index (Phi) is 4.76. The van der Waals surface area contributed by atoms with E-state index in [1.807, 2.05) is 24.3 Å². The number of nitrogen functional groups attached to an aromatic ring is 1. The van der Waals surface area contributed by atoms with Crippen molar-refractivity contribution in [1.29, 1.82) is 0 Å². The Morgan fingerprint density at radius 3 is 2.70 bits per heavy atom. The standard InChI is InChI=1S/C17H19ClN4O/c18-13-7-3-6-12(10-13)14(11-4-1-2-5-11)22-17(23)15-16(19)21-9-8-20-15/h3,6-11,14H,1-2,4-5H2,(H2,19,21)(H,22,23). The van der Waals surface area contributed by atoms with E-state index >= 15 is 0 Å². The average molecular weight is 331 g/mol. The average Bonchev–Trinajstić information content (AvgIpc) is 3.07. The third kappa shape index (κ3) is 3.62. The number of rotatable bonds is 4. The number of hydrogen-bond donors (Lipinski definition) is 2. The number of nitrogens with zero attached hydrogens (tertiary/aromatic N) is 2. The Balaban J connectivity index is 1.87. The molecular weight excluding hydrogens is 312 g/mol. The predicted octanol–water partition coefficient (Wildman–Crippen LogP) is 3.37. The summed E-state index contributed by atoms with van der Waals surface area (Å²) in [6.45, 7) is 0. The van der Waals surface area contributed by atoms with Gasteiger partial charge in [-0.1, -0.05) is 36.6 Å². The van der Waals surface area contributed by atoms with Crippen LogP contribution in [0.4, 0.5) is 5.82 Å². The molecule has 0 aliphatic heterocycles. The maximum absolute atomic E-state index is 12.6. The molecule has 1 fully saturated rings. The molecule has 0 saturated heterocycles. The summed E-state index contributed by atoms with van der Waals surface area (Å²) in [5.74, 6) is 0.240. The molecule has 1 aromatic heterocycles. The molecule has 0 spiro atoms. The summed E-state index contributed by atoms with van der Waals surface area (Å²) in [5, 5.41) is 3.75. The molecule has 120 valence electrons. The van der Waals surface area contributed by atoms with Gasteiger partial charge < -0.3 is 11.1 Å². The molecular formula is C17H19ClN4O. The van der Waals surface area contributed by atoms with Crippen molar-refractivity contribution in [2.45, 2.75) is 31.7 Å². The number of aromatic nitrogens is 2. The zero-order valence-corrected chi connectivity index (χ0v) is 13.5. The number of nitrogens with two attached hydrogens (primary N) is 1. The van der Waals surface area contributed by atoms with Gasteiger partial charge in [-0.25, -0.2) is 9.97 Å². The molecule has 0 radical (unpaired) electrons. The van der Waals surface area contributed by atoms with Crippen molar-refractivity contribution in [3.05, 3.63) is 52.9 Å². The zero-order chi connectivity index (χ0) is 16.2. The van der Waals surface area contributed by atoms with E-state index in [-0.39, 0.29) is 23.5 Å². The van der Waals surface area contributed by atoms with Crippen molar-refractivity contribution in [1.82, 2.24) is 15.3 Å². The van der Waals surface area contributed by atoms with Crippen molar-refractivity contribution < 1.29 is 4.79 Å². The second-order valence-electron chi connectivity index (χ2n) is 5.84. The molecule has 6 heteroatoms. The molecule has 23 heavy (non-hydrogen) atoms. The van der Waals surface area contributed by atoms with Gasteiger partial charge in [0, 0.05) is 17.4 Å². The number of halogens is 1. The van der Waals surface area contributed by atoms with Gasteiger partial charge in [-0.15, -0.1) is 0 Å². The van der Waals surface area contributed by atoms with E-state index in [4.69, 9.17) is 17.3 Å². The van der Waals surface area contributed by atoms with Gasteiger partial charge in [0.05, 0.1) is 6.04 Å². The Morgan fingerprint density at radius 1 is 1.26 bits per heavy atom. The topological polar surface area (TPSA) is 80.9 Å². The van der Waals surface area contributed by atoms with Crippen LogP contribution in [0.25, 0.3) is 0 Å². The van der Waals surface area contributed by atoms with Crippen LogP contribution < -0.4 is 11.1 Å². The minimum Gasteiger partial charge on any atom is -0.382 e. The first-order valence-electron chi connectivity index (χ1n) is 7.78. The zero-order valence-electron chi connectivity index (χ0n) is 12.7. The molecule has 1 aliphatic rings. The van der Waals surface area contributed by atoms with Crippen LogP contribution in [0, 0.1) is 5.92 Å². The van der Waals surface area contributed by atoms with Gasteiger partial charge in [0.1, 0.15) is 0 Å². The highest BCUT2D eigenvalue weighted by Crippen LogP contribution is 2.36. The number of benzene rings is 1. The van der Waals surface area contributed by atoms with Gasteiger partial charge in [-0.2, -0.15) is 0 Å². The Bertz CT molecular complexity index is 700. The normalized spacial score (nSPS) is 16.2. The summed E-state index contributed by atoms with van der Waals surface area (Å²) in [6.07, 6.45) is 7.49. The lowest BCUT2D eigenvalue weighted by atomic mass is 9.91. The van der Waals surface area contributed by atoms with Crippen molar-refractivity contribution in [2.75, 3.05) is 5.73 Å². The third-order valence-electron chi connectivity index (χ3n) is 4.31. The molecule has 3 N–H and O–H groups in total. The van der Waals surface area contributed by atoms with Crippen molar-refractivity contribution in [3.8, 4) is 0 Å². The van der Waals surface area contributed by atoms with E-state index in [0.717, 1.165) is 18.4 Å². The van der Waals surface area contributed by atoms with E-state index in [1.54, 1.807) is 0 Å². The predicted molar refractivity (Wildman–Crippen MR) is 90.1 cm³/mol. The van der Waals surface area contributed by atoms with Crippen LogP contribution in [-0.2, 0) is 0 Å². The minimum absolute atomic E-state index is 0.0925. The fourth-order valence-electron chi connectivity index (χ4n) is 3.20. The summed E-state index contributed by atoms with van der Waals surface area (Å²) in [4.78, 5) is 20.5. The first-order chi connectivity index (χ1) is 11.1. The van der Waals surface area contributed by atoms with Crippen molar-refractivity contribution >= 4 is 23.3 Å². The van der Waals surface area contributed by atoms with Gasteiger partial charge in [0.25, 0.3) is 5.91 Å². The van der Waals surface area contributed by atoms with Crippen molar-refractivity contribution in [2.24, 2.45) is 5.92 Å². The van der Waals surface area contributed by atoms with Crippen LogP contribution in [0.2, 0.25) is 5.02 Å². The highest BCUT2D eigenvalue weighted by Gasteiger charge is 2.29. The van der Waals surface area contributed by atoms with Crippen molar-refractivity contribution in [3.63, 3.8) is 0 Å². The maximum atomic E-state index is 12.6. The van der Waals surface area contributed by atoms with Crippen LogP contribution in [0.15, 0.2) is 36.7 Å². The summed E-state index contributed by atoms with van der Waals surface area (Å²) in [6, 6.07) is 7.55. The number of carbonyl (C=O) groups excluding carboxylic acids is 1. The largest absolute Gasteiger partial charge is 0.382 e. The molecule has 0 bridgehead atoms. The minimum atomic E-state index is -0.299. The fourth-order valence-corrected chi connectivity index (χ4v) is 3.40. The summed E-state index contributed by atoms with van der Waals surface area (Å²) < 4.78 is 0. The quantitative estimate of drug-likeness (QED) is 0.900. The second-order valence-corrected chi connectivity index (χ2v) is 6.28. The molecule has 2 aromatic rings. The lowest BCUT2D eigenvalue weighted by Gasteiger charge is -2.25. The molecule has 1 atom stereocenters. The van der Waals surface area contributed by atoms with Crippen LogP contribution in [0.5, 0.6) is 0 Å². The summed E-state index contributed by atoms with van der Waals surface area (Å²) in [7, 11) is 0. The Hall–Kier alpha value is -2.14. The molecule has 3 rings (SSSR count). The monoisotopic (exact) mass is 330 g/mol. The number of nitrogens with one attached hydrogen (secondary N) is 1. The highest BCUT2D eigenvalue weighted by atomic mass is 35.5. The number of hydrogen-bond acceptors (Lipinski definition) is 4. The van der Waals surface area contributed by atoms with Crippen LogP contribution in [-0.4, -0.2) is 15.9 Å². The smallest absolute Gasteiger partial charge is 0.274 e. The first-order valence-corrected chi connectivity index (χ1v) is 8.16. The molecule has 1 aliphatic carbocycles. The molecule has 1 unspecified atom stereocenters. The van der Waals surface area contributed by atoms with E-state index in [9.17, 15) is 4.79 Å².